The van der Waals surface area contributed by atoms with Gasteiger partial charge in [-0.25, -0.2) is 14.4 Å². The molecule has 1 aliphatic carbocycles. The van der Waals surface area contributed by atoms with Gasteiger partial charge in [-0.05, 0) is 67.1 Å². The van der Waals surface area contributed by atoms with Gasteiger partial charge in [-0.3, -0.25) is 0 Å². The van der Waals surface area contributed by atoms with Crippen molar-refractivity contribution in [1.29, 1.82) is 5.26 Å². The summed E-state index contributed by atoms with van der Waals surface area (Å²) in [7, 11) is 0. The maximum absolute atomic E-state index is 13.8. The van der Waals surface area contributed by atoms with Gasteiger partial charge in [-0.1, -0.05) is 12.1 Å². The Hall–Kier alpha value is -3.91. The number of hydrogen-bond acceptors (Lipinski definition) is 7. The highest BCUT2D eigenvalue weighted by Gasteiger charge is 2.64. The number of benzene rings is 2. The highest BCUT2D eigenvalue weighted by atomic mass is 32.2. The number of alkyl halides is 3. The summed E-state index contributed by atoms with van der Waals surface area (Å²) >= 11 is 1.60. The minimum absolute atomic E-state index is 0.0574. The first-order valence-corrected chi connectivity index (χ1v) is 12.5. The van der Waals surface area contributed by atoms with Gasteiger partial charge >= 0.3 is 6.18 Å². The number of rotatable bonds is 7. The van der Waals surface area contributed by atoms with Crippen molar-refractivity contribution in [1.82, 2.24) is 15.0 Å². The first-order chi connectivity index (χ1) is 17.7. The van der Waals surface area contributed by atoms with Crippen LogP contribution in [-0.4, -0.2) is 32.9 Å². The Morgan fingerprint density at radius 3 is 2.57 bits per heavy atom. The smallest absolute Gasteiger partial charge is 0.354 e. The van der Waals surface area contributed by atoms with Crippen LogP contribution in [-0.2, 0) is 6.54 Å². The molecule has 2 heterocycles. The highest BCUT2D eigenvalue weighted by molar-refractivity contribution is 7.98. The molecular weight excluding hydrogens is 504 g/mol. The molecule has 0 radical (unpaired) electrons. The van der Waals surface area contributed by atoms with Crippen LogP contribution in [0.3, 0.4) is 0 Å². The van der Waals surface area contributed by atoms with Crippen molar-refractivity contribution in [3.05, 3.63) is 71.5 Å². The van der Waals surface area contributed by atoms with Gasteiger partial charge in [-0.15, -0.1) is 11.8 Å². The van der Waals surface area contributed by atoms with E-state index < -0.39 is 17.5 Å². The summed E-state index contributed by atoms with van der Waals surface area (Å²) in [6, 6.07) is 16.6. The molecule has 1 fully saturated rings. The lowest BCUT2D eigenvalue weighted by Gasteiger charge is -2.22. The predicted molar refractivity (Wildman–Crippen MR) is 135 cm³/mol. The number of halogens is 4. The molecule has 4 aromatic rings. The lowest BCUT2D eigenvalue weighted by atomic mass is 10.0. The number of nitrogens with one attached hydrogen (secondary N) is 2. The van der Waals surface area contributed by atoms with E-state index in [2.05, 4.69) is 25.6 Å². The van der Waals surface area contributed by atoms with Crippen LogP contribution in [0.15, 0.2) is 59.5 Å². The maximum atomic E-state index is 13.8. The molecule has 6 nitrogen and oxygen atoms in total. The number of aromatic nitrogens is 3. The predicted octanol–water partition coefficient (Wildman–Crippen LogP) is 6.54. The molecule has 5 rings (SSSR count). The maximum Gasteiger partial charge on any atom is 0.411 e. The van der Waals surface area contributed by atoms with Crippen LogP contribution >= 0.6 is 11.8 Å². The lowest BCUT2D eigenvalue weighted by Crippen LogP contribution is -2.39. The minimum Gasteiger partial charge on any atom is -0.354 e. The normalized spacial score (nSPS) is 14.3. The van der Waals surface area contributed by atoms with E-state index in [1.165, 1.54) is 12.1 Å². The lowest BCUT2D eigenvalue weighted by molar-refractivity contribution is -0.151. The van der Waals surface area contributed by atoms with Crippen molar-refractivity contribution in [2.75, 3.05) is 16.9 Å². The number of pyridine rings is 1. The van der Waals surface area contributed by atoms with Crippen molar-refractivity contribution in [3.8, 4) is 17.3 Å². The molecule has 0 spiro atoms. The zero-order valence-electron chi connectivity index (χ0n) is 19.5. The summed E-state index contributed by atoms with van der Waals surface area (Å²) < 4.78 is 55.0. The average molecular weight is 525 g/mol. The third-order valence-corrected chi connectivity index (χ3v) is 6.88. The van der Waals surface area contributed by atoms with Crippen LogP contribution in [0.4, 0.5) is 29.3 Å². The number of nitriles is 1. The van der Waals surface area contributed by atoms with E-state index in [9.17, 15) is 22.8 Å². The Balaban J connectivity index is 1.56. The zero-order valence-corrected chi connectivity index (χ0v) is 20.3. The van der Waals surface area contributed by atoms with Crippen molar-refractivity contribution in [2.45, 2.75) is 36.0 Å². The molecule has 0 aliphatic heterocycles. The second-order valence-corrected chi connectivity index (χ2v) is 9.55. The molecule has 0 saturated heterocycles. The Bertz CT molecular complexity index is 1530. The van der Waals surface area contributed by atoms with Crippen LogP contribution in [0.5, 0.6) is 0 Å². The van der Waals surface area contributed by atoms with E-state index in [-0.39, 0.29) is 35.7 Å². The average Bonchev–Trinajstić information content (AvgIpc) is 3.68. The molecule has 1 saturated carbocycles. The molecule has 0 amide bonds. The van der Waals surface area contributed by atoms with Crippen molar-refractivity contribution in [3.63, 3.8) is 0 Å². The summed E-state index contributed by atoms with van der Waals surface area (Å²) in [5, 5.41) is 15.1. The van der Waals surface area contributed by atoms with E-state index in [1.807, 2.05) is 36.6 Å². The van der Waals surface area contributed by atoms with E-state index in [4.69, 9.17) is 0 Å². The van der Waals surface area contributed by atoms with Crippen LogP contribution < -0.4 is 10.6 Å². The fourth-order valence-electron chi connectivity index (χ4n) is 3.96. The Morgan fingerprint density at radius 1 is 1.05 bits per heavy atom. The zero-order chi connectivity index (χ0) is 26.2. The van der Waals surface area contributed by atoms with Crippen molar-refractivity contribution in [2.24, 2.45) is 0 Å². The highest BCUT2D eigenvalue weighted by Crippen LogP contribution is 2.51. The molecule has 37 heavy (non-hydrogen) atoms. The standard InChI is InChI=1S/C26H20F4N6S/c1-37-18-4-2-3-15(11-18)14-32-24-34-21-8-7-20(19-6-5-17(27)12-16(19)13-31)33-22(21)23(35-24)36-25(9-10-25)26(28,29)30/h2-8,11-12H,9-10,14H2,1H3,(H2,32,34,35,36). The molecule has 2 aromatic carbocycles. The van der Waals surface area contributed by atoms with Crippen LogP contribution in [0.25, 0.3) is 22.3 Å². The molecule has 2 aromatic heterocycles. The van der Waals surface area contributed by atoms with Gasteiger partial charge in [0.05, 0.1) is 22.8 Å². The van der Waals surface area contributed by atoms with Gasteiger partial charge in [0.1, 0.15) is 16.9 Å². The topological polar surface area (TPSA) is 86.5 Å². The monoisotopic (exact) mass is 524 g/mol. The van der Waals surface area contributed by atoms with E-state index >= 15 is 0 Å². The summed E-state index contributed by atoms with van der Waals surface area (Å²) in [6.45, 7) is 0.371. The second kappa shape index (κ2) is 9.52. The Labute approximate surface area is 214 Å². The van der Waals surface area contributed by atoms with Gasteiger partial charge < -0.3 is 10.6 Å². The minimum atomic E-state index is -4.47. The molecule has 0 unspecified atom stereocenters. The number of nitrogens with zero attached hydrogens (tertiary/aromatic N) is 4. The molecule has 1 aliphatic rings. The first kappa shape index (κ1) is 24.8. The van der Waals surface area contributed by atoms with Gasteiger partial charge in [-0.2, -0.15) is 23.4 Å². The largest absolute Gasteiger partial charge is 0.411 e. The number of fused-ring (bicyclic) bond motifs is 1. The fourth-order valence-corrected chi connectivity index (χ4v) is 4.44. The molecular formula is C26H20F4N6S. The summed E-state index contributed by atoms with van der Waals surface area (Å²) in [5.41, 5.74) is 0.0294. The van der Waals surface area contributed by atoms with E-state index in [0.29, 0.717) is 23.3 Å². The molecule has 11 heteroatoms. The second-order valence-electron chi connectivity index (χ2n) is 8.67. The molecule has 0 atom stereocenters. The van der Waals surface area contributed by atoms with Crippen LogP contribution in [0.2, 0.25) is 0 Å². The summed E-state index contributed by atoms with van der Waals surface area (Å²) in [4.78, 5) is 14.4. The third kappa shape index (κ3) is 5.02. The fraction of sp³-hybridized carbons (Fsp3) is 0.231. The van der Waals surface area contributed by atoms with E-state index in [0.717, 1.165) is 16.5 Å². The van der Waals surface area contributed by atoms with Crippen LogP contribution in [0.1, 0.15) is 24.0 Å². The Kier molecular flexibility index (Phi) is 6.37. The van der Waals surface area contributed by atoms with Gasteiger partial charge in [0.25, 0.3) is 0 Å². The summed E-state index contributed by atoms with van der Waals surface area (Å²) in [6.07, 6.45) is -2.67. The SMILES string of the molecule is CSc1cccc(CNc2nc(NC3(C(F)(F)F)CC3)c3nc(-c4ccc(F)cc4C#N)ccc3n2)c1. The van der Waals surface area contributed by atoms with Gasteiger partial charge in [0.15, 0.2) is 5.82 Å². The number of anilines is 2. The first-order valence-electron chi connectivity index (χ1n) is 11.3. The van der Waals surface area contributed by atoms with Crippen molar-refractivity contribution < 1.29 is 17.6 Å². The van der Waals surface area contributed by atoms with Crippen LogP contribution in [0, 0.1) is 17.1 Å². The number of hydrogen-bond donors (Lipinski definition) is 2. The van der Waals surface area contributed by atoms with Gasteiger partial charge in [0.2, 0.25) is 5.95 Å². The molecule has 2 N–H and O–H groups in total. The Morgan fingerprint density at radius 2 is 1.86 bits per heavy atom. The number of thioether (sulfide) groups is 1. The molecule has 0 bridgehead atoms. The summed E-state index contributed by atoms with van der Waals surface area (Å²) in [5.74, 6) is -0.495. The van der Waals surface area contributed by atoms with Gasteiger partial charge in [0, 0.05) is 17.0 Å². The third-order valence-electron chi connectivity index (χ3n) is 6.16. The quantitative estimate of drug-likeness (QED) is 0.210. The molecule has 188 valence electrons. The van der Waals surface area contributed by atoms with Crippen molar-refractivity contribution >= 4 is 34.6 Å². The van der Waals surface area contributed by atoms with E-state index in [1.54, 1.807) is 23.9 Å².